The summed E-state index contributed by atoms with van der Waals surface area (Å²) in [6.45, 7) is 3.37. The van der Waals surface area contributed by atoms with Gasteiger partial charge < -0.3 is 10.6 Å². The fourth-order valence-electron chi connectivity index (χ4n) is 2.28. The van der Waals surface area contributed by atoms with E-state index in [-0.39, 0.29) is 11.6 Å². The molecule has 2 aromatic carbocycles. The van der Waals surface area contributed by atoms with Gasteiger partial charge in [-0.2, -0.15) is 0 Å². The maximum atomic E-state index is 12.4. The van der Waals surface area contributed by atoms with Gasteiger partial charge in [0.1, 0.15) is 0 Å². The Morgan fingerprint density at radius 2 is 1.81 bits per heavy atom. The first-order chi connectivity index (χ1) is 12.4. The van der Waals surface area contributed by atoms with Gasteiger partial charge in [-0.3, -0.25) is 9.59 Å². The van der Waals surface area contributed by atoms with Crippen molar-refractivity contribution in [3.8, 4) is 5.69 Å². The van der Waals surface area contributed by atoms with Crippen molar-refractivity contribution in [2.24, 2.45) is 0 Å². The molecular weight excluding hydrogens is 354 g/mol. The zero-order valence-electron chi connectivity index (χ0n) is 14.2. The molecular formula is C18H16ClN5O2. The number of amides is 2. The van der Waals surface area contributed by atoms with Gasteiger partial charge in [0, 0.05) is 12.6 Å². The number of nitrogens with zero attached hydrogens (tertiary/aromatic N) is 3. The highest BCUT2D eigenvalue weighted by Gasteiger charge is 2.13. The van der Waals surface area contributed by atoms with E-state index in [1.165, 1.54) is 11.6 Å². The maximum absolute atomic E-state index is 12.4. The predicted octanol–water partition coefficient (Wildman–Crippen LogP) is 3.44. The van der Waals surface area contributed by atoms with Gasteiger partial charge in [0.15, 0.2) is 5.69 Å². The van der Waals surface area contributed by atoms with E-state index in [0.717, 1.165) is 11.3 Å². The molecule has 0 spiro atoms. The van der Waals surface area contributed by atoms with E-state index in [1.54, 1.807) is 24.4 Å². The van der Waals surface area contributed by atoms with Crippen molar-refractivity contribution >= 4 is 34.8 Å². The van der Waals surface area contributed by atoms with Crippen LogP contribution in [0.3, 0.4) is 0 Å². The summed E-state index contributed by atoms with van der Waals surface area (Å²) in [5.74, 6) is -0.670. The highest BCUT2D eigenvalue weighted by atomic mass is 35.5. The molecule has 1 heterocycles. The van der Waals surface area contributed by atoms with Crippen LogP contribution in [0.2, 0.25) is 5.02 Å². The van der Waals surface area contributed by atoms with E-state index >= 15 is 0 Å². The van der Waals surface area contributed by atoms with Gasteiger partial charge in [0.2, 0.25) is 5.91 Å². The van der Waals surface area contributed by atoms with Gasteiger partial charge in [-0.25, -0.2) is 4.68 Å². The highest BCUT2D eigenvalue weighted by molar-refractivity contribution is 6.33. The topological polar surface area (TPSA) is 88.9 Å². The molecule has 2 amide bonds. The second-order valence-corrected chi connectivity index (χ2v) is 6.12. The van der Waals surface area contributed by atoms with E-state index in [1.807, 2.05) is 31.2 Å². The Balaban J connectivity index is 1.76. The molecule has 1 aromatic heterocycles. The Labute approximate surface area is 155 Å². The van der Waals surface area contributed by atoms with Gasteiger partial charge in [0.25, 0.3) is 5.91 Å². The molecule has 3 aromatic rings. The molecule has 0 fully saturated rings. The Morgan fingerprint density at radius 3 is 2.50 bits per heavy atom. The fraction of sp³-hybridized carbons (Fsp3) is 0.111. The van der Waals surface area contributed by atoms with Crippen LogP contribution >= 0.6 is 11.6 Å². The Hall–Kier alpha value is -3.19. The van der Waals surface area contributed by atoms with Crippen molar-refractivity contribution in [2.75, 3.05) is 10.6 Å². The van der Waals surface area contributed by atoms with Crippen LogP contribution in [0.15, 0.2) is 48.7 Å². The lowest BCUT2D eigenvalue weighted by Crippen LogP contribution is -2.13. The summed E-state index contributed by atoms with van der Waals surface area (Å²) in [7, 11) is 0. The maximum Gasteiger partial charge on any atom is 0.277 e. The minimum Gasteiger partial charge on any atom is -0.325 e. The zero-order valence-corrected chi connectivity index (χ0v) is 14.9. The number of benzene rings is 2. The molecule has 0 bridgehead atoms. The van der Waals surface area contributed by atoms with Gasteiger partial charge in [-0.15, -0.1) is 5.10 Å². The zero-order chi connectivity index (χ0) is 18.7. The normalized spacial score (nSPS) is 10.4. The number of rotatable bonds is 4. The van der Waals surface area contributed by atoms with Crippen LogP contribution in [-0.4, -0.2) is 26.8 Å². The molecule has 0 atom stereocenters. The summed E-state index contributed by atoms with van der Waals surface area (Å²) in [6.07, 6.45) is 1.55. The Morgan fingerprint density at radius 1 is 1.08 bits per heavy atom. The number of aryl methyl sites for hydroxylation is 1. The standard InChI is InChI=1S/C18H16ClN5O2/c1-11-3-6-14(7-4-11)24-10-17(22-23-24)18(26)21-13-5-8-15(19)16(9-13)20-12(2)25/h3-10H,1-2H3,(H,20,25)(H,21,26). The average Bonchev–Trinajstić information content (AvgIpc) is 3.08. The van der Waals surface area contributed by atoms with Gasteiger partial charge in [0.05, 0.1) is 22.6 Å². The molecule has 3 rings (SSSR count). The summed E-state index contributed by atoms with van der Waals surface area (Å²) in [5, 5.41) is 13.6. The largest absolute Gasteiger partial charge is 0.325 e. The number of carbonyl (C=O) groups is 2. The van der Waals surface area contributed by atoms with Crippen LogP contribution in [0.5, 0.6) is 0 Å². The molecule has 7 nitrogen and oxygen atoms in total. The minimum absolute atomic E-state index is 0.168. The van der Waals surface area contributed by atoms with Crippen molar-refractivity contribution in [2.45, 2.75) is 13.8 Å². The lowest BCUT2D eigenvalue weighted by molar-refractivity contribution is -0.114. The molecule has 0 unspecified atom stereocenters. The second kappa shape index (κ2) is 7.37. The number of anilines is 2. The summed E-state index contributed by atoms with van der Waals surface area (Å²) in [5.41, 5.74) is 3.00. The van der Waals surface area contributed by atoms with Crippen LogP contribution in [0.25, 0.3) is 5.69 Å². The van der Waals surface area contributed by atoms with Gasteiger partial charge in [-0.05, 0) is 37.3 Å². The van der Waals surface area contributed by atoms with Crippen LogP contribution < -0.4 is 10.6 Å². The number of aromatic nitrogens is 3. The molecule has 8 heteroatoms. The number of halogens is 1. The smallest absolute Gasteiger partial charge is 0.277 e. The molecule has 132 valence electrons. The molecule has 0 saturated carbocycles. The summed E-state index contributed by atoms with van der Waals surface area (Å²) in [6, 6.07) is 12.5. The molecule has 0 aliphatic carbocycles. The molecule has 2 N–H and O–H groups in total. The van der Waals surface area contributed by atoms with Gasteiger partial charge in [-0.1, -0.05) is 34.5 Å². The Bertz CT molecular complexity index is 966. The van der Waals surface area contributed by atoms with Crippen LogP contribution in [0.4, 0.5) is 11.4 Å². The van der Waals surface area contributed by atoms with Gasteiger partial charge >= 0.3 is 0 Å². The number of carbonyl (C=O) groups excluding carboxylic acids is 2. The SMILES string of the molecule is CC(=O)Nc1cc(NC(=O)c2cn(-c3ccc(C)cc3)nn2)ccc1Cl. The quantitative estimate of drug-likeness (QED) is 0.737. The Kier molecular flexibility index (Phi) is 4.99. The molecule has 0 saturated heterocycles. The molecule has 0 radical (unpaired) electrons. The molecule has 0 aliphatic heterocycles. The second-order valence-electron chi connectivity index (χ2n) is 5.71. The van der Waals surface area contributed by atoms with Crippen molar-refractivity contribution < 1.29 is 9.59 Å². The van der Waals surface area contributed by atoms with E-state index in [4.69, 9.17) is 11.6 Å². The van der Waals surface area contributed by atoms with E-state index in [2.05, 4.69) is 20.9 Å². The lowest BCUT2D eigenvalue weighted by Gasteiger charge is -2.08. The predicted molar refractivity (Wildman–Crippen MR) is 99.8 cm³/mol. The van der Waals surface area contributed by atoms with Crippen LogP contribution in [0, 0.1) is 6.92 Å². The third-order valence-corrected chi connectivity index (χ3v) is 3.89. The van der Waals surface area contributed by atoms with E-state index in [0.29, 0.717) is 16.4 Å². The minimum atomic E-state index is -0.417. The van der Waals surface area contributed by atoms with Crippen molar-refractivity contribution in [1.29, 1.82) is 0 Å². The van der Waals surface area contributed by atoms with E-state index in [9.17, 15) is 9.59 Å². The third-order valence-electron chi connectivity index (χ3n) is 3.56. The summed E-state index contributed by atoms with van der Waals surface area (Å²) >= 11 is 6.02. The van der Waals surface area contributed by atoms with Crippen LogP contribution in [0.1, 0.15) is 23.0 Å². The lowest BCUT2D eigenvalue weighted by atomic mass is 10.2. The summed E-state index contributed by atoms with van der Waals surface area (Å²) in [4.78, 5) is 23.6. The number of hydrogen-bond donors (Lipinski definition) is 2. The first-order valence-corrected chi connectivity index (χ1v) is 8.18. The first-order valence-electron chi connectivity index (χ1n) is 7.80. The third kappa shape index (κ3) is 4.07. The van der Waals surface area contributed by atoms with Crippen molar-refractivity contribution in [1.82, 2.24) is 15.0 Å². The number of nitrogens with one attached hydrogen (secondary N) is 2. The average molecular weight is 370 g/mol. The highest BCUT2D eigenvalue weighted by Crippen LogP contribution is 2.25. The first kappa shape index (κ1) is 17.6. The van der Waals surface area contributed by atoms with Crippen LogP contribution in [-0.2, 0) is 4.79 Å². The molecule has 0 aliphatic rings. The fourth-order valence-corrected chi connectivity index (χ4v) is 2.44. The molecule has 26 heavy (non-hydrogen) atoms. The van der Waals surface area contributed by atoms with E-state index < -0.39 is 5.91 Å². The van der Waals surface area contributed by atoms with Crippen molar-refractivity contribution in [3.63, 3.8) is 0 Å². The summed E-state index contributed by atoms with van der Waals surface area (Å²) < 4.78 is 1.53. The van der Waals surface area contributed by atoms with Crippen molar-refractivity contribution in [3.05, 3.63) is 64.9 Å². The monoisotopic (exact) mass is 369 g/mol. The number of hydrogen-bond acceptors (Lipinski definition) is 4.